The largest absolute Gasteiger partial charge is 0.300 e. The van der Waals surface area contributed by atoms with Crippen molar-refractivity contribution in [3.8, 4) is 6.07 Å². The van der Waals surface area contributed by atoms with Gasteiger partial charge in [-0.3, -0.25) is 10.0 Å². The average molecular weight is 364 g/mol. The Morgan fingerprint density at radius 2 is 1.88 bits per heavy atom. The van der Waals surface area contributed by atoms with E-state index in [1.54, 1.807) is 26.8 Å². The van der Waals surface area contributed by atoms with Crippen molar-refractivity contribution < 1.29 is 18.8 Å². The summed E-state index contributed by atoms with van der Waals surface area (Å²) in [6.07, 6.45) is 0.00522. The molecule has 1 amide bonds. The molecule has 140 valence electrons. The molecule has 0 radical (unpaired) electrons. The summed E-state index contributed by atoms with van der Waals surface area (Å²) in [5.41, 5.74) is -2.35. The van der Waals surface area contributed by atoms with E-state index in [2.05, 4.69) is 4.98 Å². The maximum atomic E-state index is 14.8. The first kappa shape index (κ1) is 19.8. The van der Waals surface area contributed by atoms with Crippen molar-refractivity contribution in [1.29, 1.82) is 5.26 Å². The molecule has 26 heavy (non-hydrogen) atoms. The number of aromatic nitrogens is 2. The number of carbonyl (C=O) groups is 1. The molecule has 1 aromatic heterocycles. The normalized spacial score (nSPS) is 12.3. The van der Waals surface area contributed by atoms with E-state index in [0.717, 1.165) is 6.07 Å². The van der Waals surface area contributed by atoms with E-state index in [-0.39, 0.29) is 23.4 Å². The lowest BCUT2D eigenvalue weighted by molar-refractivity contribution is -0.125. The minimum absolute atomic E-state index is 0.00522. The summed E-state index contributed by atoms with van der Waals surface area (Å²) in [5, 5.41) is 19.7. The van der Waals surface area contributed by atoms with E-state index in [1.807, 2.05) is 20.8 Å². The van der Waals surface area contributed by atoms with Gasteiger partial charge in [-0.25, -0.2) is 13.8 Å². The molecular weight excluding hydrogens is 342 g/mol. The summed E-state index contributed by atoms with van der Waals surface area (Å²) in [7, 11) is 0. The van der Waals surface area contributed by atoms with Gasteiger partial charge in [-0.15, -0.1) is 0 Å². The van der Waals surface area contributed by atoms with Gasteiger partial charge in [0.15, 0.2) is 11.6 Å². The fourth-order valence-corrected chi connectivity index (χ4v) is 2.66. The van der Waals surface area contributed by atoms with Crippen molar-refractivity contribution in [3.63, 3.8) is 0 Å². The van der Waals surface area contributed by atoms with Crippen molar-refractivity contribution in [3.05, 3.63) is 23.3 Å². The van der Waals surface area contributed by atoms with Crippen LogP contribution in [0.4, 0.5) is 14.7 Å². The van der Waals surface area contributed by atoms with Crippen LogP contribution in [0, 0.1) is 28.4 Å². The monoisotopic (exact) mass is 364 g/mol. The Bertz CT molecular complexity index is 915. The molecule has 1 N–H and O–H groups in total. The molecule has 0 fully saturated rings. The molecule has 0 atom stereocenters. The molecule has 0 aliphatic carbocycles. The van der Waals surface area contributed by atoms with E-state index in [4.69, 9.17) is 5.26 Å². The SMILES string of the molecule is CC(C)(C)CC(=O)N(O)c1nc2c(F)cc(C#N)c(F)c2n1C(C)(C)C. The van der Waals surface area contributed by atoms with Gasteiger partial charge in [-0.2, -0.15) is 10.3 Å². The first-order chi connectivity index (χ1) is 11.8. The molecule has 0 unspecified atom stereocenters. The molecule has 8 heteroatoms. The maximum absolute atomic E-state index is 14.8. The molecule has 0 saturated heterocycles. The van der Waals surface area contributed by atoms with Crippen LogP contribution in [0.25, 0.3) is 11.0 Å². The second-order valence-electron chi connectivity index (χ2n) is 8.39. The number of benzene rings is 1. The van der Waals surface area contributed by atoms with Crippen LogP contribution in [0.2, 0.25) is 0 Å². The summed E-state index contributed by atoms with van der Waals surface area (Å²) < 4.78 is 30.3. The Hall–Kier alpha value is -2.53. The van der Waals surface area contributed by atoms with Crippen molar-refractivity contribution in [1.82, 2.24) is 9.55 Å². The number of hydrogen-bond acceptors (Lipinski definition) is 4. The highest BCUT2D eigenvalue weighted by Crippen LogP contribution is 2.34. The molecule has 0 spiro atoms. The summed E-state index contributed by atoms with van der Waals surface area (Å²) in [5.74, 6) is -2.80. The Morgan fingerprint density at radius 3 is 2.35 bits per heavy atom. The predicted molar refractivity (Wildman–Crippen MR) is 92.7 cm³/mol. The van der Waals surface area contributed by atoms with Crippen LogP contribution in [-0.2, 0) is 10.3 Å². The third kappa shape index (κ3) is 3.53. The number of rotatable bonds is 2. The topological polar surface area (TPSA) is 82.2 Å². The van der Waals surface area contributed by atoms with Gasteiger partial charge in [0.25, 0.3) is 5.91 Å². The average Bonchev–Trinajstić information content (AvgIpc) is 2.89. The molecule has 1 heterocycles. The van der Waals surface area contributed by atoms with Crippen LogP contribution < -0.4 is 5.06 Å². The van der Waals surface area contributed by atoms with Crippen molar-refractivity contribution in [2.45, 2.75) is 53.5 Å². The quantitative estimate of drug-likeness (QED) is 0.642. The third-order valence-electron chi connectivity index (χ3n) is 3.70. The Balaban J connectivity index is 2.79. The smallest absolute Gasteiger partial charge is 0.253 e. The molecule has 0 bridgehead atoms. The minimum atomic E-state index is -0.950. The van der Waals surface area contributed by atoms with Gasteiger partial charge in [0.05, 0.1) is 5.56 Å². The van der Waals surface area contributed by atoms with E-state index >= 15 is 0 Å². The van der Waals surface area contributed by atoms with Crippen LogP contribution >= 0.6 is 0 Å². The zero-order valence-electron chi connectivity index (χ0n) is 15.7. The van der Waals surface area contributed by atoms with Crippen LogP contribution in [0.3, 0.4) is 0 Å². The van der Waals surface area contributed by atoms with E-state index in [9.17, 15) is 18.8 Å². The minimum Gasteiger partial charge on any atom is -0.300 e. The van der Waals surface area contributed by atoms with Gasteiger partial charge in [0.1, 0.15) is 17.1 Å². The molecule has 6 nitrogen and oxygen atoms in total. The fraction of sp³-hybridized carbons (Fsp3) is 0.500. The molecule has 0 aliphatic rings. The van der Waals surface area contributed by atoms with Crippen LogP contribution in [0.5, 0.6) is 0 Å². The lowest BCUT2D eigenvalue weighted by Gasteiger charge is -2.28. The number of nitrogens with zero attached hydrogens (tertiary/aromatic N) is 4. The second kappa shape index (κ2) is 6.32. The third-order valence-corrected chi connectivity index (χ3v) is 3.70. The summed E-state index contributed by atoms with van der Waals surface area (Å²) in [6, 6.07) is 2.35. The number of hydroxylamine groups is 1. The summed E-state index contributed by atoms with van der Waals surface area (Å²) in [4.78, 5) is 16.4. The zero-order chi connectivity index (χ0) is 20.0. The molecule has 2 rings (SSSR count). The van der Waals surface area contributed by atoms with Gasteiger partial charge in [-0.05, 0) is 32.3 Å². The first-order valence-corrected chi connectivity index (χ1v) is 8.11. The molecule has 2 aromatic rings. The number of halogens is 2. The highest BCUT2D eigenvalue weighted by Gasteiger charge is 2.32. The molecule has 0 saturated carbocycles. The standard InChI is InChI=1S/C18H22F2N4O2/c1-17(2,3)8-12(25)24(26)16-22-14-11(19)7-10(9-21)13(20)15(14)23(16)18(4,5)6/h7,26H,8H2,1-6H3. The van der Waals surface area contributed by atoms with Crippen molar-refractivity contribution in [2.24, 2.45) is 5.41 Å². The number of fused-ring (bicyclic) bond motifs is 1. The predicted octanol–water partition coefficient (Wildman–Crippen LogP) is 4.10. The number of nitriles is 1. The number of carbonyl (C=O) groups excluding carboxylic acids is 1. The number of anilines is 1. The van der Waals surface area contributed by atoms with Gasteiger partial charge in [0, 0.05) is 12.0 Å². The highest BCUT2D eigenvalue weighted by atomic mass is 19.1. The number of imidazole rings is 1. The Labute approximate surface area is 150 Å². The summed E-state index contributed by atoms with van der Waals surface area (Å²) in [6.45, 7) is 10.5. The number of hydrogen-bond donors (Lipinski definition) is 1. The first-order valence-electron chi connectivity index (χ1n) is 8.11. The lowest BCUT2D eigenvalue weighted by Crippen LogP contribution is -2.35. The Morgan fingerprint density at radius 1 is 1.31 bits per heavy atom. The van der Waals surface area contributed by atoms with Gasteiger partial charge in [0.2, 0.25) is 5.95 Å². The lowest BCUT2D eigenvalue weighted by atomic mass is 9.92. The van der Waals surface area contributed by atoms with Gasteiger partial charge >= 0.3 is 0 Å². The zero-order valence-corrected chi connectivity index (χ0v) is 15.7. The molecular formula is C18H22F2N4O2. The van der Waals surface area contributed by atoms with Gasteiger partial charge in [-0.1, -0.05) is 20.8 Å². The summed E-state index contributed by atoms with van der Waals surface area (Å²) >= 11 is 0. The van der Waals surface area contributed by atoms with Crippen molar-refractivity contribution in [2.75, 3.05) is 5.06 Å². The van der Waals surface area contributed by atoms with E-state index < -0.39 is 34.1 Å². The van der Waals surface area contributed by atoms with Crippen molar-refractivity contribution >= 4 is 22.9 Å². The fourth-order valence-electron chi connectivity index (χ4n) is 2.66. The van der Waals surface area contributed by atoms with Crippen LogP contribution in [0.15, 0.2) is 6.07 Å². The van der Waals surface area contributed by atoms with Crippen LogP contribution in [-0.4, -0.2) is 20.7 Å². The molecule has 1 aromatic carbocycles. The maximum Gasteiger partial charge on any atom is 0.253 e. The van der Waals surface area contributed by atoms with E-state index in [1.165, 1.54) is 4.57 Å². The second-order valence-corrected chi connectivity index (χ2v) is 8.39. The molecule has 0 aliphatic heterocycles. The van der Waals surface area contributed by atoms with Gasteiger partial charge < -0.3 is 4.57 Å². The van der Waals surface area contributed by atoms with Crippen LogP contribution in [0.1, 0.15) is 53.5 Å². The Kier molecular flexibility index (Phi) is 4.81. The number of amides is 1. The van der Waals surface area contributed by atoms with E-state index in [0.29, 0.717) is 5.06 Å². The highest BCUT2D eigenvalue weighted by molar-refractivity contribution is 5.92.